The Morgan fingerprint density at radius 2 is 1.93 bits per heavy atom. The molecule has 0 bridgehead atoms. The molecule has 0 radical (unpaired) electrons. The summed E-state index contributed by atoms with van der Waals surface area (Å²) in [6, 6.07) is -1.01. The van der Waals surface area contributed by atoms with Gasteiger partial charge in [0.25, 0.3) is 0 Å². The fourth-order valence-corrected chi connectivity index (χ4v) is 2.50. The molecule has 0 heterocycles. The molecule has 2 N–H and O–H groups in total. The van der Waals surface area contributed by atoms with E-state index in [1.807, 2.05) is 13.8 Å². The van der Waals surface area contributed by atoms with Gasteiger partial charge >= 0.3 is 5.97 Å². The Hall–Kier alpha value is -0.620. The van der Waals surface area contributed by atoms with Crippen molar-refractivity contribution in [1.29, 1.82) is 0 Å². The Labute approximate surface area is 90.9 Å². The quantitative estimate of drug-likeness (QED) is 0.686. The van der Waals surface area contributed by atoms with Gasteiger partial charge in [-0.1, -0.05) is 20.8 Å². The minimum Gasteiger partial charge on any atom is -0.480 e. The van der Waals surface area contributed by atoms with Crippen molar-refractivity contribution < 1.29 is 18.3 Å². The minimum absolute atomic E-state index is 0.0329. The van der Waals surface area contributed by atoms with Crippen molar-refractivity contribution in [2.75, 3.05) is 5.75 Å². The number of hydrogen-bond acceptors (Lipinski definition) is 3. The Bertz CT molecular complexity index is 297. The molecule has 0 unspecified atom stereocenters. The number of hydrogen-bond donors (Lipinski definition) is 2. The number of nitrogens with one attached hydrogen (secondary N) is 1. The summed E-state index contributed by atoms with van der Waals surface area (Å²) in [6.45, 7) is 5.44. The summed E-state index contributed by atoms with van der Waals surface area (Å²) in [5, 5.41) is 8.83. The Balaban J connectivity index is 4.48. The number of aliphatic carboxylic acids is 1. The summed E-state index contributed by atoms with van der Waals surface area (Å²) in [4.78, 5) is 10.8. The molecule has 15 heavy (non-hydrogen) atoms. The maximum atomic E-state index is 11.4. The first-order valence-electron chi connectivity index (χ1n) is 5.01. The highest BCUT2D eigenvalue weighted by molar-refractivity contribution is 7.89. The highest BCUT2D eigenvalue weighted by atomic mass is 32.2. The van der Waals surface area contributed by atoms with Crippen LogP contribution in [0.1, 0.15) is 33.6 Å². The van der Waals surface area contributed by atoms with Gasteiger partial charge in [0, 0.05) is 0 Å². The zero-order chi connectivity index (χ0) is 12.1. The van der Waals surface area contributed by atoms with Crippen molar-refractivity contribution in [3.63, 3.8) is 0 Å². The van der Waals surface area contributed by atoms with Crippen molar-refractivity contribution >= 4 is 16.0 Å². The third kappa shape index (κ3) is 6.46. The highest BCUT2D eigenvalue weighted by Gasteiger charge is 2.23. The van der Waals surface area contributed by atoms with E-state index in [-0.39, 0.29) is 11.7 Å². The largest absolute Gasteiger partial charge is 0.480 e. The zero-order valence-electron chi connectivity index (χ0n) is 9.36. The molecule has 0 aliphatic carbocycles. The number of rotatable bonds is 7. The molecule has 0 aromatic rings. The van der Waals surface area contributed by atoms with Gasteiger partial charge in [0.15, 0.2) is 0 Å². The zero-order valence-corrected chi connectivity index (χ0v) is 10.2. The van der Waals surface area contributed by atoms with E-state index in [1.165, 1.54) is 0 Å². The topological polar surface area (TPSA) is 83.5 Å². The molecule has 0 aliphatic heterocycles. The molecule has 1 atom stereocenters. The Morgan fingerprint density at radius 3 is 2.27 bits per heavy atom. The summed E-state index contributed by atoms with van der Waals surface area (Å²) < 4.78 is 24.9. The maximum absolute atomic E-state index is 11.4. The summed E-state index contributed by atoms with van der Waals surface area (Å²) >= 11 is 0. The van der Waals surface area contributed by atoms with E-state index >= 15 is 0 Å². The van der Waals surface area contributed by atoms with Crippen LogP contribution in [0.4, 0.5) is 0 Å². The van der Waals surface area contributed by atoms with Crippen molar-refractivity contribution in [1.82, 2.24) is 4.72 Å². The first-order valence-corrected chi connectivity index (χ1v) is 6.66. The van der Waals surface area contributed by atoms with Crippen LogP contribution in [0.2, 0.25) is 0 Å². The molecule has 0 fully saturated rings. The van der Waals surface area contributed by atoms with E-state index in [0.29, 0.717) is 12.8 Å². The lowest BCUT2D eigenvalue weighted by molar-refractivity contribution is -0.139. The second-order valence-electron chi connectivity index (χ2n) is 3.96. The third-order valence-corrected chi connectivity index (χ3v) is 3.39. The molecule has 90 valence electrons. The second-order valence-corrected chi connectivity index (χ2v) is 5.83. The van der Waals surface area contributed by atoms with Crippen LogP contribution in [0.15, 0.2) is 0 Å². The lowest BCUT2D eigenvalue weighted by atomic mass is 10.1. The van der Waals surface area contributed by atoms with Gasteiger partial charge in [-0.15, -0.1) is 0 Å². The molecule has 0 aliphatic rings. The molecule has 0 aromatic heterocycles. The summed E-state index contributed by atoms with van der Waals surface area (Å²) in [7, 11) is -3.45. The first-order chi connectivity index (χ1) is 6.78. The van der Waals surface area contributed by atoms with E-state index in [2.05, 4.69) is 4.72 Å². The van der Waals surface area contributed by atoms with E-state index in [0.717, 1.165) is 0 Å². The molecule has 0 aromatic carbocycles. The predicted molar refractivity (Wildman–Crippen MR) is 58.1 cm³/mol. The lowest BCUT2D eigenvalue weighted by Gasteiger charge is -2.16. The molecule has 0 saturated heterocycles. The van der Waals surface area contributed by atoms with Crippen LogP contribution in [0.3, 0.4) is 0 Å². The fourth-order valence-electron chi connectivity index (χ4n) is 1.22. The van der Waals surface area contributed by atoms with Crippen LogP contribution in [0.5, 0.6) is 0 Å². The SMILES string of the molecule is CCCS(=O)(=O)N[C@@H](CC(C)C)C(=O)O. The van der Waals surface area contributed by atoms with Crippen LogP contribution < -0.4 is 4.72 Å². The Morgan fingerprint density at radius 1 is 1.40 bits per heavy atom. The standard InChI is InChI=1S/C9H19NO4S/c1-4-5-15(13,14)10-8(9(11)12)6-7(2)3/h7-8,10H,4-6H2,1-3H3,(H,11,12)/t8-/m0/s1. The summed E-state index contributed by atoms with van der Waals surface area (Å²) in [6.07, 6.45) is 0.779. The molecular formula is C9H19NO4S. The van der Waals surface area contributed by atoms with Gasteiger partial charge in [0.1, 0.15) is 6.04 Å². The van der Waals surface area contributed by atoms with Gasteiger partial charge in [-0.2, -0.15) is 0 Å². The van der Waals surface area contributed by atoms with Gasteiger partial charge < -0.3 is 5.11 Å². The van der Waals surface area contributed by atoms with E-state index in [1.54, 1.807) is 6.92 Å². The van der Waals surface area contributed by atoms with E-state index < -0.39 is 22.0 Å². The number of sulfonamides is 1. The van der Waals surface area contributed by atoms with Crippen LogP contribution in [-0.4, -0.2) is 31.3 Å². The van der Waals surface area contributed by atoms with Crippen LogP contribution in [0, 0.1) is 5.92 Å². The second kappa shape index (κ2) is 6.07. The molecule has 0 amide bonds. The van der Waals surface area contributed by atoms with E-state index in [9.17, 15) is 13.2 Å². The van der Waals surface area contributed by atoms with Gasteiger partial charge in [0.05, 0.1) is 5.75 Å². The average Bonchev–Trinajstić information content (AvgIpc) is 2.00. The van der Waals surface area contributed by atoms with Crippen LogP contribution >= 0.6 is 0 Å². The highest BCUT2D eigenvalue weighted by Crippen LogP contribution is 2.06. The van der Waals surface area contributed by atoms with E-state index in [4.69, 9.17) is 5.11 Å². The summed E-state index contributed by atoms with van der Waals surface area (Å²) in [5.41, 5.74) is 0. The molecule has 0 saturated carbocycles. The van der Waals surface area contributed by atoms with Crippen molar-refractivity contribution in [3.05, 3.63) is 0 Å². The molecular weight excluding hydrogens is 218 g/mol. The molecule has 0 rings (SSSR count). The predicted octanol–water partition coefficient (Wildman–Crippen LogP) is 0.815. The van der Waals surface area contributed by atoms with Gasteiger partial charge in [-0.3, -0.25) is 4.79 Å². The van der Waals surface area contributed by atoms with Crippen LogP contribution in [-0.2, 0) is 14.8 Å². The maximum Gasteiger partial charge on any atom is 0.321 e. The molecule has 5 nitrogen and oxygen atoms in total. The van der Waals surface area contributed by atoms with Crippen molar-refractivity contribution in [2.24, 2.45) is 5.92 Å². The van der Waals surface area contributed by atoms with Crippen LogP contribution in [0.25, 0.3) is 0 Å². The Kier molecular flexibility index (Phi) is 5.82. The number of carboxylic acid groups (broad SMARTS) is 1. The number of carboxylic acids is 1. The minimum atomic E-state index is -3.45. The van der Waals surface area contributed by atoms with Gasteiger partial charge in [-0.05, 0) is 18.8 Å². The number of carbonyl (C=O) groups is 1. The monoisotopic (exact) mass is 237 g/mol. The van der Waals surface area contributed by atoms with Gasteiger partial charge in [-0.25, -0.2) is 13.1 Å². The van der Waals surface area contributed by atoms with Crippen molar-refractivity contribution in [3.8, 4) is 0 Å². The molecule has 6 heteroatoms. The average molecular weight is 237 g/mol. The molecule has 0 spiro atoms. The normalized spacial score (nSPS) is 14.1. The lowest BCUT2D eigenvalue weighted by Crippen LogP contribution is -2.42. The van der Waals surface area contributed by atoms with Crippen molar-refractivity contribution in [2.45, 2.75) is 39.7 Å². The smallest absolute Gasteiger partial charge is 0.321 e. The third-order valence-electron chi connectivity index (χ3n) is 1.80. The fraction of sp³-hybridized carbons (Fsp3) is 0.889. The summed E-state index contributed by atoms with van der Waals surface area (Å²) in [5.74, 6) is -1.02. The first kappa shape index (κ1) is 14.4. The van der Waals surface area contributed by atoms with Gasteiger partial charge in [0.2, 0.25) is 10.0 Å².